The number of carbonyl (C=O) groups is 2. The Labute approximate surface area is 134 Å². The Bertz CT molecular complexity index is 577. The first-order valence-corrected chi connectivity index (χ1v) is 7.56. The fourth-order valence-electron chi connectivity index (χ4n) is 2.14. The molecule has 0 N–H and O–H groups in total. The van der Waals surface area contributed by atoms with E-state index < -0.39 is 24.3 Å². The third-order valence-electron chi connectivity index (χ3n) is 3.18. The lowest BCUT2D eigenvalue weighted by atomic mass is 10.1. The Morgan fingerprint density at radius 1 is 1.38 bits per heavy atom. The van der Waals surface area contributed by atoms with Crippen molar-refractivity contribution in [3.63, 3.8) is 0 Å². The van der Waals surface area contributed by atoms with E-state index in [1.54, 1.807) is 19.1 Å². The summed E-state index contributed by atoms with van der Waals surface area (Å²) in [6, 6.07) is 4.63. The second-order valence-electron chi connectivity index (χ2n) is 4.72. The van der Waals surface area contributed by atoms with E-state index >= 15 is 0 Å². The summed E-state index contributed by atoms with van der Waals surface area (Å²) in [5.74, 6) is -3.84. The molecule has 7 heteroatoms. The highest BCUT2D eigenvalue weighted by atomic mass is 127. The molecule has 1 aromatic rings. The molecule has 1 saturated heterocycles. The highest BCUT2D eigenvalue weighted by molar-refractivity contribution is 14.1. The normalized spacial score (nSPS) is 16.9. The second kappa shape index (κ2) is 6.25. The molecule has 21 heavy (non-hydrogen) atoms. The van der Waals surface area contributed by atoms with Crippen molar-refractivity contribution < 1.29 is 23.1 Å². The second-order valence-corrected chi connectivity index (χ2v) is 5.80. The number of likely N-dealkylation sites (tertiary alicyclic amines) is 1. The molecular formula is C14H14F2INO3. The van der Waals surface area contributed by atoms with Crippen LogP contribution in [0.1, 0.15) is 34.1 Å². The number of rotatable bonds is 3. The van der Waals surface area contributed by atoms with Crippen LogP contribution in [-0.2, 0) is 4.74 Å². The van der Waals surface area contributed by atoms with Gasteiger partial charge in [-0.15, -0.1) is 0 Å². The largest absolute Gasteiger partial charge is 0.462 e. The van der Waals surface area contributed by atoms with Gasteiger partial charge < -0.3 is 9.64 Å². The Kier molecular flexibility index (Phi) is 4.80. The van der Waals surface area contributed by atoms with E-state index in [0.717, 1.165) is 4.90 Å². The summed E-state index contributed by atoms with van der Waals surface area (Å²) in [7, 11) is 0. The Hall–Kier alpha value is -1.25. The van der Waals surface area contributed by atoms with Crippen LogP contribution in [0.2, 0.25) is 0 Å². The number of hydrogen-bond donors (Lipinski definition) is 0. The van der Waals surface area contributed by atoms with Crippen LogP contribution in [0.5, 0.6) is 0 Å². The lowest BCUT2D eigenvalue weighted by molar-refractivity contribution is 0.0120. The molecular weight excluding hydrogens is 395 g/mol. The third-order valence-corrected chi connectivity index (χ3v) is 4.34. The van der Waals surface area contributed by atoms with Crippen LogP contribution in [-0.4, -0.2) is 42.4 Å². The van der Waals surface area contributed by atoms with Gasteiger partial charge in [0.2, 0.25) is 0 Å². The molecule has 0 aromatic heterocycles. The number of halogens is 3. The van der Waals surface area contributed by atoms with Gasteiger partial charge in [0.05, 0.1) is 24.3 Å². The lowest BCUT2D eigenvalue weighted by Crippen LogP contribution is -2.32. The summed E-state index contributed by atoms with van der Waals surface area (Å²) in [6.45, 7) is 1.36. The molecule has 1 aromatic carbocycles. The van der Waals surface area contributed by atoms with Gasteiger partial charge in [-0.05, 0) is 41.6 Å². The van der Waals surface area contributed by atoms with Crippen LogP contribution in [0, 0.1) is 3.57 Å². The van der Waals surface area contributed by atoms with Crippen molar-refractivity contribution >= 4 is 34.5 Å². The third kappa shape index (κ3) is 3.50. The minimum Gasteiger partial charge on any atom is -0.462 e. The molecule has 0 radical (unpaired) electrons. The van der Waals surface area contributed by atoms with Gasteiger partial charge in [-0.3, -0.25) is 4.79 Å². The first kappa shape index (κ1) is 16.1. The maximum atomic E-state index is 13.2. The number of benzene rings is 1. The highest BCUT2D eigenvalue weighted by Crippen LogP contribution is 2.29. The van der Waals surface area contributed by atoms with Gasteiger partial charge in [0, 0.05) is 16.5 Å². The zero-order valence-corrected chi connectivity index (χ0v) is 13.5. The fraction of sp³-hybridized carbons (Fsp3) is 0.429. The van der Waals surface area contributed by atoms with E-state index in [2.05, 4.69) is 0 Å². The maximum Gasteiger partial charge on any atom is 0.339 e. The summed E-state index contributed by atoms with van der Waals surface area (Å²) < 4.78 is 31.8. The van der Waals surface area contributed by atoms with E-state index in [4.69, 9.17) is 4.74 Å². The van der Waals surface area contributed by atoms with Crippen molar-refractivity contribution in [1.29, 1.82) is 0 Å². The average Bonchev–Trinajstić information content (AvgIpc) is 2.79. The average molecular weight is 409 g/mol. The molecule has 1 heterocycles. The Morgan fingerprint density at radius 3 is 2.62 bits per heavy atom. The number of carbonyl (C=O) groups excluding carboxylic acids is 2. The van der Waals surface area contributed by atoms with Crippen molar-refractivity contribution in [3.8, 4) is 0 Å². The van der Waals surface area contributed by atoms with E-state index in [9.17, 15) is 18.4 Å². The Balaban J connectivity index is 2.26. The number of amides is 1. The van der Waals surface area contributed by atoms with Crippen molar-refractivity contribution in [3.05, 3.63) is 32.9 Å². The van der Waals surface area contributed by atoms with Crippen LogP contribution in [0.4, 0.5) is 8.78 Å². The molecule has 4 nitrogen and oxygen atoms in total. The molecule has 0 saturated carbocycles. The fourth-order valence-corrected chi connectivity index (χ4v) is 2.95. The summed E-state index contributed by atoms with van der Waals surface area (Å²) in [5, 5.41) is 0. The molecule has 0 aliphatic carbocycles. The number of nitrogens with zero attached hydrogens (tertiary/aromatic N) is 1. The van der Waals surface area contributed by atoms with Crippen molar-refractivity contribution in [2.24, 2.45) is 0 Å². The van der Waals surface area contributed by atoms with Crippen LogP contribution in [0.3, 0.4) is 0 Å². The lowest BCUT2D eigenvalue weighted by Gasteiger charge is -2.17. The van der Waals surface area contributed by atoms with E-state index in [0.29, 0.717) is 3.57 Å². The minimum atomic E-state index is -2.83. The molecule has 1 aliphatic heterocycles. The summed E-state index contributed by atoms with van der Waals surface area (Å²) >= 11 is 1.87. The quantitative estimate of drug-likeness (QED) is 0.570. The zero-order valence-electron chi connectivity index (χ0n) is 11.4. The van der Waals surface area contributed by atoms with Gasteiger partial charge in [0.1, 0.15) is 0 Å². The van der Waals surface area contributed by atoms with Crippen LogP contribution in [0.15, 0.2) is 18.2 Å². The maximum absolute atomic E-state index is 13.2. The predicted octanol–water partition coefficient (Wildman–Crippen LogP) is 2.95. The van der Waals surface area contributed by atoms with Crippen LogP contribution >= 0.6 is 22.6 Å². The predicted molar refractivity (Wildman–Crippen MR) is 80.6 cm³/mol. The number of alkyl halides is 2. The molecule has 1 fully saturated rings. The SMILES string of the molecule is CCOC(=O)c1cccc(C(=O)N2CCC(F)(F)C2)c1I. The Morgan fingerprint density at radius 2 is 2.05 bits per heavy atom. The molecule has 2 rings (SSSR count). The molecule has 0 atom stereocenters. The first-order chi connectivity index (χ1) is 9.85. The molecule has 1 amide bonds. The molecule has 0 spiro atoms. The van der Waals surface area contributed by atoms with Gasteiger partial charge in [-0.1, -0.05) is 6.07 Å². The standard InChI is InChI=1S/C14H14F2INO3/c1-2-21-13(20)10-5-3-4-9(11(10)17)12(19)18-7-6-14(15,16)8-18/h3-5H,2,6-8H2,1H3. The van der Waals surface area contributed by atoms with Crippen molar-refractivity contribution in [2.75, 3.05) is 19.7 Å². The van der Waals surface area contributed by atoms with Gasteiger partial charge in [-0.25, -0.2) is 13.6 Å². The molecule has 114 valence electrons. The van der Waals surface area contributed by atoms with Gasteiger partial charge >= 0.3 is 5.97 Å². The first-order valence-electron chi connectivity index (χ1n) is 6.48. The highest BCUT2D eigenvalue weighted by Gasteiger charge is 2.40. The number of ether oxygens (including phenoxy) is 1. The molecule has 0 unspecified atom stereocenters. The van der Waals surface area contributed by atoms with Gasteiger partial charge in [0.15, 0.2) is 0 Å². The summed E-state index contributed by atoms with van der Waals surface area (Å²) in [5.41, 5.74) is 0.521. The van der Waals surface area contributed by atoms with Gasteiger partial charge in [0.25, 0.3) is 11.8 Å². The zero-order chi connectivity index (χ0) is 15.6. The van der Waals surface area contributed by atoms with Gasteiger partial charge in [-0.2, -0.15) is 0 Å². The van der Waals surface area contributed by atoms with Crippen LogP contribution < -0.4 is 0 Å². The van der Waals surface area contributed by atoms with Crippen molar-refractivity contribution in [1.82, 2.24) is 4.90 Å². The topological polar surface area (TPSA) is 46.6 Å². The monoisotopic (exact) mass is 409 g/mol. The number of esters is 1. The molecule has 1 aliphatic rings. The minimum absolute atomic E-state index is 0.0194. The van der Waals surface area contributed by atoms with E-state index in [1.807, 2.05) is 22.6 Å². The smallest absolute Gasteiger partial charge is 0.339 e. The summed E-state index contributed by atoms with van der Waals surface area (Å²) in [6.07, 6.45) is -0.327. The van der Waals surface area contributed by atoms with Crippen LogP contribution in [0.25, 0.3) is 0 Å². The molecule has 0 bridgehead atoms. The summed E-state index contributed by atoms with van der Waals surface area (Å²) in [4.78, 5) is 25.2. The van der Waals surface area contributed by atoms with E-state index in [1.165, 1.54) is 6.07 Å². The number of hydrogen-bond acceptors (Lipinski definition) is 3. The van der Waals surface area contributed by atoms with E-state index in [-0.39, 0.29) is 30.7 Å². The van der Waals surface area contributed by atoms with Crippen molar-refractivity contribution in [2.45, 2.75) is 19.3 Å².